The van der Waals surface area contributed by atoms with Gasteiger partial charge >= 0.3 is 5.97 Å². The van der Waals surface area contributed by atoms with Crippen molar-refractivity contribution in [3.8, 4) is 0 Å². The Labute approximate surface area is 129 Å². The molecule has 0 aliphatic heterocycles. The van der Waals surface area contributed by atoms with Gasteiger partial charge in [0.15, 0.2) is 0 Å². The first-order chi connectivity index (χ1) is 10.4. The van der Waals surface area contributed by atoms with Gasteiger partial charge in [0, 0.05) is 16.6 Å². The number of benzene rings is 2. The van der Waals surface area contributed by atoms with Crippen molar-refractivity contribution in [2.45, 2.75) is 20.3 Å². The molecule has 0 aromatic heterocycles. The van der Waals surface area contributed by atoms with Crippen LogP contribution in [0.15, 0.2) is 48.6 Å². The maximum atomic E-state index is 9.83. The second kappa shape index (κ2) is 9.99. The average Bonchev–Trinajstić information content (AvgIpc) is 2.48. The number of nitrogens with two attached hydrogens (primary N) is 1. The molecule has 0 aliphatic carbocycles. The zero-order valence-corrected chi connectivity index (χ0v) is 12.7. The minimum atomic E-state index is -0.900. The van der Waals surface area contributed by atoms with Crippen LogP contribution in [0, 0.1) is 6.92 Å². The van der Waals surface area contributed by atoms with Crippen molar-refractivity contribution in [1.29, 1.82) is 0 Å². The number of fused-ring (bicyclic) bond motifs is 1. The second-order valence-electron chi connectivity index (χ2n) is 4.39. The van der Waals surface area contributed by atoms with E-state index in [1.54, 1.807) is 6.92 Å². The molecular formula is C17H21NO4. The number of anilines is 1. The van der Waals surface area contributed by atoms with E-state index in [1.807, 2.05) is 12.1 Å². The highest BCUT2D eigenvalue weighted by atomic mass is 16.4. The summed E-state index contributed by atoms with van der Waals surface area (Å²) in [6.07, 6.45) is 0.523. The fraction of sp³-hybridized carbons (Fsp3) is 0.176. The van der Waals surface area contributed by atoms with Crippen molar-refractivity contribution in [2.75, 3.05) is 5.73 Å². The largest absolute Gasteiger partial charge is 0.483 e. The summed E-state index contributed by atoms with van der Waals surface area (Å²) in [5.74, 6) is -0.900. The highest BCUT2D eigenvalue weighted by Crippen LogP contribution is 2.23. The van der Waals surface area contributed by atoms with Crippen molar-refractivity contribution in [2.24, 2.45) is 0 Å². The SMILES string of the molecule is C=C(CC)C(=O)O.Cc1cccc2cccc(N)c12.O=CO. The summed E-state index contributed by atoms with van der Waals surface area (Å²) in [5.41, 5.74) is 8.23. The van der Waals surface area contributed by atoms with E-state index in [4.69, 9.17) is 20.7 Å². The van der Waals surface area contributed by atoms with Gasteiger partial charge in [-0.05, 0) is 30.4 Å². The summed E-state index contributed by atoms with van der Waals surface area (Å²) < 4.78 is 0. The van der Waals surface area contributed by atoms with Gasteiger partial charge in [0.25, 0.3) is 6.47 Å². The van der Waals surface area contributed by atoms with Crippen LogP contribution in [0.4, 0.5) is 5.69 Å². The van der Waals surface area contributed by atoms with Crippen LogP contribution in [0.5, 0.6) is 0 Å². The van der Waals surface area contributed by atoms with Crippen LogP contribution in [0.1, 0.15) is 18.9 Å². The van der Waals surface area contributed by atoms with Crippen LogP contribution in [0.25, 0.3) is 10.8 Å². The standard InChI is InChI=1S/C11H11N.C5H8O2.CH2O2/c1-8-4-2-5-9-6-3-7-10(12)11(8)9;1-3-4(2)5(6)7;2-1-3/h2-7H,12H2,1H3;2-3H2,1H3,(H,6,7);1H,(H,2,3). The van der Waals surface area contributed by atoms with E-state index in [0.717, 1.165) is 5.69 Å². The summed E-state index contributed by atoms with van der Waals surface area (Å²) >= 11 is 0. The zero-order valence-electron chi connectivity index (χ0n) is 12.7. The summed E-state index contributed by atoms with van der Waals surface area (Å²) in [5, 5.41) is 17.4. The van der Waals surface area contributed by atoms with Gasteiger partial charge in [0.2, 0.25) is 0 Å². The van der Waals surface area contributed by atoms with E-state index in [1.165, 1.54) is 16.3 Å². The molecule has 0 heterocycles. The molecule has 2 rings (SSSR count). The fourth-order valence-corrected chi connectivity index (χ4v) is 1.71. The summed E-state index contributed by atoms with van der Waals surface area (Å²) in [6.45, 7) is 6.87. The molecule has 0 spiro atoms. The van der Waals surface area contributed by atoms with Gasteiger partial charge in [-0.15, -0.1) is 0 Å². The van der Waals surface area contributed by atoms with E-state index >= 15 is 0 Å². The first kappa shape index (κ1) is 19.2. The minimum Gasteiger partial charge on any atom is -0.483 e. The molecule has 2 aromatic carbocycles. The van der Waals surface area contributed by atoms with E-state index in [2.05, 4.69) is 37.8 Å². The smallest absolute Gasteiger partial charge is 0.330 e. The maximum Gasteiger partial charge on any atom is 0.330 e. The number of rotatable bonds is 2. The van der Waals surface area contributed by atoms with Crippen LogP contribution in [-0.4, -0.2) is 22.7 Å². The van der Waals surface area contributed by atoms with Crippen LogP contribution >= 0.6 is 0 Å². The molecule has 22 heavy (non-hydrogen) atoms. The van der Waals surface area contributed by atoms with Crippen molar-refractivity contribution in [3.05, 3.63) is 54.1 Å². The number of carbonyl (C=O) groups is 2. The lowest BCUT2D eigenvalue weighted by Gasteiger charge is -2.03. The van der Waals surface area contributed by atoms with E-state index < -0.39 is 5.97 Å². The number of aryl methyl sites for hydroxylation is 1. The number of hydrogen-bond donors (Lipinski definition) is 3. The van der Waals surface area contributed by atoms with Gasteiger partial charge < -0.3 is 15.9 Å². The van der Waals surface area contributed by atoms with Gasteiger partial charge in [0.05, 0.1) is 0 Å². The Hall–Kier alpha value is -2.82. The maximum absolute atomic E-state index is 9.83. The van der Waals surface area contributed by atoms with E-state index in [-0.39, 0.29) is 12.0 Å². The molecule has 118 valence electrons. The molecule has 4 N–H and O–H groups in total. The Morgan fingerprint density at radius 2 is 1.77 bits per heavy atom. The van der Waals surface area contributed by atoms with Crippen LogP contribution < -0.4 is 5.73 Å². The lowest BCUT2D eigenvalue weighted by molar-refractivity contribution is -0.132. The monoisotopic (exact) mass is 303 g/mol. The van der Waals surface area contributed by atoms with Crippen molar-refractivity contribution >= 4 is 28.9 Å². The molecule has 5 heteroatoms. The number of aliphatic carboxylic acids is 1. The molecule has 0 atom stereocenters. The third kappa shape index (κ3) is 6.09. The molecule has 0 fully saturated rings. The number of hydrogen-bond acceptors (Lipinski definition) is 3. The van der Waals surface area contributed by atoms with Crippen molar-refractivity contribution in [3.63, 3.8) is 0 Å². The number of carboxylic acids is 1. The fourth-order valence-electron chi connectivity index (χ4n) is 1.71. The molecule has 0 aliphatic rings. The molecule has 0 radical (unpaired) electrons. The Balaban J connectivity index is 0.000000379. The van der Waals surface area contributed by atoms with Crippen LogP contribution in [0.2, 0.25) is 0 Å². The predicted octanol–water partition coefficient (Wildman–Crippen LogP) is 3.47. The van der Waals surface area contributed by atoms with E-state index in [9.17, 15) is 4.79 Å². The molecule has 0 unspecified atom stereocenters. The quantitative estimate of drug-likeness (QED) is 0.448. The molecule has 0 saturated carbocycles. The third-order valence-corrected chi connectivity index (χ3v) is 2.87. The van der Waals surface area contributed by atoms with Gasteiger partial charge in [-0.2, -0.15) is 0 Å². The first-order valence-corrected chi connectivity index (χ1v) is 6.61. The third-order valence-electron chi connectivity index (χ3n) is 2.87. The first-order valence-electron chi connectivity index (χ1n) is 6.61. The van der Waals surface area contributed by atoms with Gasteiger partial charge in [-0.1, -0.05) is 43.8 Å². The molecule has 2 aromatic rings. The number of carboxylic acid groups (broad SMARTS) is 2. The Morgan fingerprint density at radius 3 is 2.14 bits per heavy atom. The topological polar surface area (TPSA) is 101 Å². The average molecular weight is 303 g/mol. The highest BCUT2D eigenvalue weighted by Gasteiger charge is 1.98. The van der Waals surface area contributed by atoms with Crippen LogP contribution in [-0.2, 0) is 9.59 Å². The van der Waals surface area contributed by atoms with Gasteiger partial charge in [-0.25, -0.2) is 4.79 Å². The summed E-state index contributed by atoms with van der Waals surface area (Å²) in [4.78, 5) is 18.2. The van der Waals surface area contributed by atoms with Crippen molar-refractivity contribution in [1.82, 2.24) is 0 Å². The Kier molecular flexibility index (Phi) is 8.71. The van der Waals surface area contributed by atoms with Crippen LogP contribution in [0.3, 0.4) is 0 Å². The van der Waals surface area contributed by atoms with E-state index in [0.29, 0.717) is 6.42 Å². The number of nitrogen functional groups attached to an aromatic ring is 1. The summed E-state index contributed by atoms with van der Waals surface area (Å²) in [7, 11) is 0. The molecular weight excluding hydrogens is 282 g/mol. The lowest BCUT2D eigenvalue weighted by Crippen LogP contribution is -1.95. The van der Waals surface area contributed by atoms with Gasteiger partial charge in [0.1, 0.15) is 0 Å². The lowest BCUT2D eigenvalue weighted by atomic mass is 10.0. The molecule has 0 bridgehead atoms. The second-order valence-corrected chi connectivity index (χ2v) is 4.39. The highest BCUT2D eigenvalue weighted by molar-refractivity contribution is 5.95. The molecule has 0 amide bonds. The van der Waals surface area contributed by atoms with Crippen molar-refractivity contribution < 1.29 is 19.8 Å². The normalized spacial score (nSPS) is 8.82. The van der Waals surface area contributed by atoms with Gasteiger partial charge in [-0.3, -0.25) is 4.79 Å². The Bertz CT molecular complexity index is 613. The minimum absolute atomic E-state index is 0.250. The zero-order chi connectivity index (χ0) is 17.1. The molecule has 5 nitrogen and oxygen atoms in total. The Morgan fingerprint density at radius 1 is 1.27 bits per heavy atom. The molecule has 0 saturated heterocycles. The predicted molar refractivity (Wildman–Crippen MR) is 88.9 cm³/mol. The summed E-state index contributed by atoms with van der Waals surface area (Å²) in [6, 6.07) is 12.2.